The van der Waals surface area contributed by atoms with Crippen molar-refractivity contribution in [3.8, 4) is 0 Å². The van der Waals surface area contributed by atoms with Crippen molar-refractivity contribution >= 4 is 5.84 Å². The van der Waals surface area contributed by atoms with E-state index >= 15 is 0 Å². The van der Waals surface area contributed by atoms with Gasteiger partial charge in [0.15, 0.2) is 0 Å². The summed E-state index contributed by atoms with van der Waals surface area (Å²) in [5, 5.41) is 6.06. The molecule has 28 heavy (non-hydrogen) atoms. The van der Waals surface area contributed by atoms with E-state index in [1.54, 1.807) is 0 Å². The average Bonchev–Trinajstić information content (AvgIpc) is 3.04. The van der Waals surface area contributed by atoms with Gasteiger partial charge in [-0.1, -0.05) is 0 Å². The minimum Gasteiger partial charge on any atom is -0.359 e. The van der Waals surface area contributed by atoms with E-state index in [4.69, 9.17) is 0 Å². The van der Waals surface area contributed by atoms with Gasteiger partial charge in [-0.3, -0.25) is 14.8 Å². The van der Waals surface area contributed by atoms with Crippen LogP contribution in [0.15, 0.2) is 16.5 Å². The molecule has 0 amide bonds. The largest absolute Gasteiger partial charge is 0.359 e. The number of hydrazone groups is 1. The summed E-state index contributed by atoms with van der Waals surface area (Å²) in [4.78, 5) is 11.4. The maximum Gasteiger partial charge on any atom is 0.123 e. The van der Waals surface area contributed by atoms with Crippen molar-refractivity contribution in [1.82, 2.24) is 29.5 Å². The van der Waals surface area contributed by atoms with E-state index in [1.807, 2.05) is 26.0 Å². The Labute approximate surface area is 174 Å². The lowest BCUT2D eigenvalue weighted by molar-refractivity contribution is 0.134. The molecule has 1 fully saturated rings. The maximum atomic E-state index is 4.15. The molecule has 3 aliphatic heterocycles. The fourth-order valence-corrected chi connectivity index (χ4v) is 3.45. The van der Waals surface area contributed by atoms with Crippen LogP contribution in [-0.2, 0) is 0 Å². The van der Waals surface area contributed by atoms with Crippen LogP contribution < -0.4 is 0 Å². The summed E-state index contributed by atoms with van der Waals surface area (Å²) in [6.45, 7) is 18.5. The lowest BCUT2D eigenvalue weighted by atomic mass is 9.83. The van der Waals surface area contributed by atoms with Crippen LogP contribution in [0.4, 0.5) is 0 Å². The molecule has 0 radical (unpaired) electrons. The minimum atomic E-state index is 0.280. The van der Waals surface area contributed by atoms with E-state index in [9.17, 15) is 0 Å². The van der Waals surface area contributed by atoms with Gasteiger partial charge in [-0.25, -0.2) is 0 Å². The van der Waals surface area contributed by atoms with E-state index < -0.39 is 0 Å². The Morgan fingerprint density at radius 1 is 0.607 bits per heavy atom. The topological polar surface area (TPSA) is 31.8 Å². The van der Waals surface area contributed by atoms with Gasteiger partial charge in [0.2, 0.25) is 0 Å². The predicted molar refractivity (Wildman–Crippen MR) is 121 cm³/mol. The lowest BCUT2D eigenvalue weighted by Gasteiger charge is -2.40. The zero-order chi connectivity index (χ0) is 22.0. The monoisotopic (exact) mass is 395 g/mol. The molecule has 1 saturated heterocycles. The highest BCUT2D eigenvalue weighted by Gasteiger charge is 2.48. The molecule has 0 saturated carbocycles. The summed E-state index contributed by atoms with van der Waals surface area (Å²) in [5.74, 6) is 1.09. The Balaban J connectivity index is 0.000000213. The number of likely N-dealkylation sites (N-methyl/N-ethyl adjacent to an activating group) is 2. The highest BCUT2D eigenvalue weighted by Crippen LogP contribution is 2.37. The van der Waals surface area contributed by atoms with Crippen LogP contribution in [0.25, 0.3) is 0 Å². The summed E-state index contributed by atoms with van der Waals surface area (Å²) in [6.07, 6.45) is 0. The van der Waals surface area contributed by atoms with Crippen LogP contribution >= 0.6 is 0 Å². The van der Waals surface area contributed by atoms with E-state index in [-0.39, 0.29) is 11.1 Å². The zero-order valence-corrected chi connectivity index (χ0v) is 20.8. The van der Waals surface area contributed by atoms with Crippen molar-refractivity contribution in [1.29, 1.82) is 0 Å². The Morgan fingerprint density at radius 2 is 1.00 bits per heavy atom. The highest BCUT2D eigenvalue weighted by molar-refractivity contribution is 5.80. The number of amidine groups is 1. The van der Waals surface area contributed by atoms with E-state index in [2.05, 4.69) is 99.3 Å². The molecule has 0 aromatic heterocycles. The molecule has 164 valence electrons. The van der Waals surface area contributed by atoms with Gasteiger partial charge in [0.05, 0.1) is 13.3 Å². The molecule has 3 aliphatic rings. The third kappa shape index (κ3) is 5.11. The van der Waals surface area contributed by atoms with E-state index in [0.717, 1.165) is 25.8 Å². The molecule has 3 rings (SSSR count). The molecule has 0 unspecified atom stereocenters. The Bertz CT molecular complexity index is 560. The molecule has 0 spiro atoms. The summed E-state index contributed by atoms with van der Waals surface area (Å²) < 4.78 is 0. The van der Waals surface area contributed by atoms with Gasteiger partial charge in [-0.2, -0.15) is 5.10 Å². The number of hydrogen-bond acceptors (Lipinski definition) is 7. The normalized spacial score (nSPS) is 24.2. The number of nitrogens with zero attached hydrogens (tertiary/aromatic N) is 7. The van der Waals surface area contributed by atoms with Crippen molar-refractivity contribution in [2.75, 3.05) is 62.3 Å². The first-order chi connectivity index (χ1) is 12.6. The van der Waals surface area contributed by atoms with Gasteiger partial charge >= 0.3 is 0 Å². The van der Waals surface area contributed by atoms with E-state index in [0.29, 0.717) is 0 Å². The van der Waals surface area contributed by atoms with Crippen molar-refractivity contribution in [2.24, 2.45) is 5.10 Å². The average molecular weight is 396 g/mol. The van der Waals surface area contributed by atoms with Crippen molar-refractivity contribution in [3.63, 3.8) is 0 Å². The Hall–Kier alpha value is -1.47. The van der Waals surface area contributed by atoms with Gasteiger partial charge in [-0.15, -0.1) is 0 Å². The molecular weight excluding hydrogens is 350 g/mol. The minimum absolute atomic E-state index is 0.280. The molecule has 0 atom stereocenters. The first kappa shape index (κ1) is 24.6. The Kier molecular flexibility index (Phi) is 7.81. The molecule has 7 heteroatoms. The Morgan fingerprint density at radius 3 is 1.11 bits per heavy atom. The van der Waals surface area contributed by atoms with Gasteiger partial charge in [0, 0.05) is 50.7 Å². The van der Waals surface area contributed by atoms with Crippen molar-refractivity contribution < 1.29 is 0 Å². The first-order valence-corrected chi connectivity index (χ1v) is 10.1. The third-order valence-corrected chi connectivity index (χ3v) is 7.21. The summed E-state index contributed by atoms with van der Waals surface area (Å²) in [5.41, 5.74) is 3.33. The van der Waals surface area contributed by atoms with Gasteiger partial charge < -0.3 is 14.7 Å². The van der Waals surface area contributed by atoms with Crippen LogP contribution in [0.1, 0.15) is 48.5 Å². The fraction of sp³-hybridized carbons (Fsp3) is 0.857. The van der Waals surface area contributed by atoms with Gasteiger partial charge in [0.25, 0.3) is 0 Å². The predicted octanol–water partition coefficient (Wildman–Crippen LogP) is 2.61. The molecule has 0 aromatic carbocycles. The van der Waals surface area contributed by atoms with Gasteiger partial charge in [-0.05, 0) is 62.6 Å². The number of allylic oxidation sites excluding steroid dienone is 2. The number of rotatable bonds is 0. The molecule has 0 aromatic rings. The first-order valence-electron chi connectivity index (χ1n) is 10.1. The second kappa shape index (κ2) is 8.91. The summed E-state index contributed by atoms with van der Waals surface area (Å²) >= 11 is 0. The molecule has 3 heterocycles. The van der Waals surface area contributed by atoms with Crippen LogP contribution in [0.2, 0.25) is 0 Å². The van der Waals surface area contributed by atoms with Crippen LogP contribution in [0.5, 0.6) is 0 Å². The van der Waals surface area contributed by atoms with Crippen molar-refractivity contribution in [3.05, 3.63) is 11.4 Å². The summed E-state index contributed by atoms with van der Waals surface area (Å²) in [6, 6.07) is 0. The zero-order valence-electron chi connectivity index (χ0n) is 20.8. The third-order valence-electron chi connectivity index (χ3n) is 7.21. The van der Waals surface area contributed by atoms with Crippen molar-refractivity contribution in [2.45, 2.75) is 59.5 Å². The number of hydrogen-bond donors (Lipinski definition) is 0. The van der Waals surface area contributed by atoms with Gasteiger partial charge in [0.1, 0.15) is 12.5 Å². The van der Waals surface area contributed by atoms with E-state index in [1.165, 1.54) is 11.4 Å². The van der Waals surface area contributed by atoms with Crippen LogP contribution in [-0.4, -0.2) is 109 Å². The molecule has 7 nitrogen and oxygen atoms in total. The second-order valence-electron chi connectivity index (χ2n) is 9.51. The molecule has 0 N–H and O–H groups in total. The smallest absolute Gasteiger partial charge is 0.123 e. The SMILES string of the molecule is CC1=C(C)N(C)CN1C.CC1=NN(C)CN1C.CN1CN(C)C(C)(C)C1(C)C. The quantitative estimate of drug-likeness (QED) is 0.627. The fourth-order valence-electron chi connectivity index (χ4n) is 3.45. The summed E-state index contributed by atoms with van der Waals surface area (Å²) in [7, 11) is 12.6. The highest BCUT2D eigenvalue weighted by atomic mass is 15.6. The van der Waals surface area contributed by atoms with Crippen LogP contribution in [0, 0.1) is 0 Å². The second-order valence-corrected chi connectivity index (χ2v) is 9.51. The lowest BCUT2D eigenvalue weighted by Crippen LogP contribution is -2.52. The standard InChI is InChI=1S/C9H20N2.C7H14N2.C5H11N3/c1-8(2)9(3,4)11(6)7-10(8)5;1-6-7(2)9(4)5-8(6)3;1-5-6-8(3)4-7(5)2/h7H2,1-6H3;5H2,1-4H3;4H2,1-3H3. The van der Waals surface area contributed by atoms with Crippen LogP contribution in [0.3, 0.4) is 0 Å². The molecule has 0 bridgehead atoms. The maximum absolute atomic E-state index is 4.15. The molecular formula is C21H45N7. The molecule has 0 aliphatic carbocycles.